The fraction of sp³-hybridized carbons (Fsp3) is 0. The summed E-state index contributed by atoms with van der Waals surface area (Å²) in [4.78, 5) is 9.46. The van der Waals surface area contributed by atoms with Crippen LogP contribution in [0.25, 0.3) is 0 Å². The maximum absolute atomic E-state index is 12.9. The van der Waals surface area contributed by atoms with E-state index in [9.17, 15) is 14.5 Å². The molecule has 0 unspecified atom stereocenters. The molecule has 7 heteroatoms. The van der Waals surface area contributed by atoms with E-state index in [-0.39, 0.29) is 4.47 Å². The van der Waals surface area contributed by atoms with Crippen molar-refractivity contribution in [2.75, 3.05) is 5.73 Å². The fourth-order valence-corrected chi connectivity index (χ4v) is 1.15. The van der Waals surface area contributed by atoms with E-state index >= 15 is 0 Å². The Bertz CT molecular complexity index is 383. The number of nitrogens with zero attached hydrogens (tertiary/aromatic N) is 1. The molecule has 0 atom stereocenters. The van der Waals surface area contributed by atoms with E-state index < -0.39 is 27.9 Å². The second kappa shape index (κ2) is 3.17. The molecule has 0 aliphatic rings. The SMILES string of the molecule is Nc1c([N+](=O)[O-])cc(Br)c(O)c1F. The van der Waals surface area contributed by atoms with Gasteiger partial charge in [0, 0.05) is 6.07 Å². The number of hydrogen-bond acceptors (Lipinski definition) is 4. The zero-order valence-electron chi connectivity index (χ0n) is 6.12. The molecule has 1 rings (SSSR count). The van der Waals surface area contributed by atoms with E-state index in [1.807, 2.05) is 0 Å². The third-order valence-electron chi connectivity index (χ3n) is 1.41. The van der Waals surface area contributed by atoms with Crippen LogP contribution in [0.3, 0.4) is 0 Å². The van der Waals surface area contributed by atoms with Crippen molar-refractivity contribution in [3.05, 3.63) is 26.5 Å². The Labute approximate surface area is 80.3 Å². The van der Waals surface area contributed by atoms with E-state index in [0.29, 0.717) is 0 Å². The number of halogens is 2. The van der Waals surface area contributed by atoms with E-state index in [0.717, 1.165) is 6.07 Å². The van der Waals surface area contributed by atoms with Gasteiger partial charge in [-0.3, -0.25) is 10.1 Å². The highest BCUT2D eigenvalue weighted by Crippen LogP contribution is 2.36. The number of hydrogen-bond donors (Lipinski definition) is 2. The van der Waals surface area contributed by atoms with Crippen molar-refractivity contribution in [3.8, 4) is 5.75 Å². The van der Waals surface area contributed by atoms with Crippen LogP contribution in [-0.2, 0) is 0 Å². The van der Waals surface area contributed by atoms with E-state index in [4.69, 9.17) is 10.8 Å². The third-order valence-corrected chi connectivity index (χ3v) is 2.01. The molecule has 0 fully saturated rings. The Kier molecular flexibility index (Phi) is 2.37. The molecule has 0 aliphatic carbocycles. The quantitative estimate of drug-likeness (QED) is 0.452. The summed E-state index contributed by atoms with van der Waals surface area (Å²) < 4.78 is 12.8. The van der Waals surface area contributed by atoms with Crippen LogP contribution in [0.1, 0.15) is 0 Å². The molecule has 0 aliphatic heterocycles. The number of nitrogens with two attached hydrogens (primary N) is 1. The van der Waals surface area contributed by atoms with Crippen molar-refractivity contribution in [3.63, 3.8) is 0 Å². The van der Waals surface area contributed by atoms with Crippen molar-refractivity contribution in [2.24, 2.45) is 0 Å². The summed E-state index contributed by atoms with van der Waals surface area (Å²) in [6, 6.07) is 0.938. The van der Waals surface area contributed by atoms with E-state index in [1.54, 1.807) is 0 Å². The van der Waals surface area contributed by atoms with Gasteiger partial charge in [0.15, 0.2) is 17.3 Å². The maximum atomic E-state index is 12.9. The smallest absolute Gasteiger partial charge is 0.296 e. The van der Waals surface area contributed by atoms with Crippen molar-refractivity contribution in [1.29, 1.82) is 0 Å². The monoisotopic (exact) mass is 250 g/mol. The van der Waals surface area contributed by atoms with Crippen LogP contribution < -0.4 is 5.73 Å². The summed E-state index contributed by atoms with van der Waals surface area (Å²) in [5, 5.41) is 19.3. The first kappa shape index (κ1) is 9.72. The zero-order chi connectivity index (χ0) is 10.2. The standard InChI is InChI=1S/C6H4BrFN2O3/c7-2-1-3(10(12)13)5(9)4(8)6(2)11/h1,11H,9H2. The van der Waals surface area contributed by atoms with Gasteiger partial charge in [0.2, 0.25) is 0 Å². The van der Waals surface area contributed by atoms with Gasteiger partial charge in [-0.25, -0.2) is 4.39 Å². The molecular formula is C6H4BrFN2O3. The Morgan fingerprint density at radius 2 is 2.23 bits per heavy atom. The summed E-state index contributed by atoms with van der Waals surface area (Å²) in [5.41, 5.74) is 3.80. The number of nitro benzene ring substituents is 1. The van der Waals surface area contributed by atoms with Crippen molar-refractivity contribution in [1.82, 2.24) is 0 Å². The molecule has 0 bridgehead atoms. The molecule has 0 radical (unpaired) electrons. The molecule has 0 saturated heterocycles. The van der Waals surface area contributed by atoms with Crippen LogP contribution in [0.5, 0.6) is 5.75 Å². The van der Waals surface area contributed by atoms with Gasteiger partial charge in [-0.15, -0.1) is 0 Å². The summed E-state index contributed by atoms with van der Waals surface area (Å²) in [6.07, 6.45) is 0. The molecule has 5 nitrogen and oxygen atoms in total. The molecule has 1 aromatic rings. The van der Waals surface area contributed by atoms with Crippen LogP contribution in [0.2, 0.25) is 0 Å². The largest absolute Gasteiger partial charge is 0.504 e. The van der Waals surface area contributed by atoms with Crippen molar-refractivity contribution < 1.29 is 14.4 Å². The van der Waals surface area contributed by atoms with Crippen LogP contribution in [0, 0.1) is 15.9 Å². The number of nitrogen functional groups attached to an aromatic ring is 1. The first-order valence-corrected chi connectivity index (χ1v) is 3.85. The minimum atomic E-state index is -1.19. The topological polar surface area (TPSA) is 89.4 Å². The minimum Gasteiger partial charge on any atom is -0.504 e. The lowest BCUT2D eigenvalue weighted by Gasteiger charge is -2.02. The van der Waals surface area contributed by atoms with Gasteiger partial charge >= 0.3 is 0 Å². The van der Waals surface area contributed by atoms with Gasteiger partial charge in [-0.05, 0) is 15.9 Å². The first-order chi connectivity index (χ1) is 5.95. The predicted octanol–water partition coefficient (Wildman–Crippen LogP) is 1.78. The third kappa shape index (κ3) is 1.55. The summed E-state index contributed by atoms with van der Waals surface area (Å²) in [7, 11) is 0. The number of phenols is 1. The zero-order valence-corrected chi connectivity index (χ0v) is 7.71. The Balaban J connectivity index is 3.50. The second-order valence-corrected chi connectivity index (χ2v) is 3.07. The number of anilines is 1. The molecule has 1 aromatic carbocycles. The molecule has 0 saturated carbocycles. The number of benzene rings is 1. The Morgan fingerprint density at radius 1 is 1.69 bits per heavy atom. The molecule has 0 spiro atoms. The van der Waals surface area contributed by atoms with Gasteiger partial charge in [-0.2, -0.15) is 0 Å². The lowest BCUT2D eigenvalue weighted by Crippen LogP contribution is -1.99. The van der Waals surface area contributed by atoms with Gasteiger partial charge in [0.25, 0.3) is 5.69 Å². The highest BCUT2D eigenvalue weighted by molar-refractivity contribution is 9.10. The molecule has 13 heavy (non-hydrogen) atoms. The molecule has 3 N–H and O–H groups in total. The van der Waals surface area contributed by atoms with Gasteiger partial charge < -0.3 is 10.8 Å². The van der Waals surface area contributed by atoms with Gasteiger partial charge in [0.05, 0.1) is 9.40 Å². The van der Waals surface area contributed by atoms with Crippen LogP contribution in [0.4, 0.5) is 15.8 Å². The number of rotatable bonds is 1. The average Bonchev–Trinajstić information content (AvgIpc) is 2.07. The minimum absolute atomic E-state index is 0.106. The van der Waals surface area contributed by atoms with Crippen LogP contribution in [-0.4, -0.2) is 10.0 Å². The van der Waals surface area contributed by atoms with Gasteiger partial charge in [0.1, 0.15) is 0 Å². The molecule has 0 heterocycles. The first-order valence-electron chi connectivity index (χ1n) is 3.06. The lowest BCUT2D eigenvalue weighted by molar-refractivity contribution is -0.384. The van der Waals surface area contributed by atoms with Crippen LogP contribution >= 0.6 is 15.9 Å². The average molecular weight is 251 g/mol. The Hall–Kier alpha value is -1.37. The number of phenolic OH excluding ortho intramolecular Hbond substituents is 1. The number of aromatic hydroxyl groups is 1. The summed E-state index contributed by atoms with van der Waals surface area (Å²) in [5.74, 6) is -1.93. The van der Waals surface area contributed by atoms with Crippen molar-refractivity contribution >= 4 is 27.3 Å². The van der Waals surface area contributed by atoms with Crippen molar-refractivity contribution in [2.45, 2.75) is 0 Å². The molecule has 0 amide bonds. The molecule has 0 aromatic heterocycles. The summed E-state index contributed by atoms with van der Waals surface area (Å²) >= 11 is 2.75. The van der Waals surface area contributed by atoms with Crippen LogP contribution in [0.15, 0.2) is 10.5 Å². The molecular weight excluding hydrogens is 247 g/mol. The summed E-state index contributed by atoms with van der Waals surface area (Å²) in [6.45, 7) is 0. The molecule has 70 valence electrons. The van der Waals surface area contributed by atoms with E-state index in [2.05, 4.69) is 15.9 Å². The predicted molar refractivity (Wildman–Crippen MR) is 46.8 cm³/mol. The maximum Gasteiger partial charge on any atom is 0.296 e. The Morgan fingerprint density at radius 3 is 2.69 bits per heavy atom. The second-order valence-electron chi connectivity index (χ2n) is 2.21. The fourth-order valence-electron chi connectivity index (χ4n) is 0.762. The number of nitro groups is 1. The lowest BCUT2D eigenvalue weighted by atomic mass is 10.2. The highest BCUT2D eigenvalue weighted by Gasteiger charge is 2.21. The van der Waals surface area contributed by atoms with E-state index in [1.165, 1.54) is 0 Å². The normalized spacial score (nSPS) is 10.0. The highest BCUT2D eigenvalue weighted by atomic mass is 79.9. The van der Waals surface area contributed by atoms with Gasteiger partial charge in [-0.1, -0.05) is 0 Å².